The van der Waals surface area contributed by atoms with E-state index in [1.165, 1.54) is 23.3 Å². The molecule has 0 saturated heterocycles. The Morgan fingerprint density at radius 3 is 2.43 bits per heavy atom. The zero-order valence-corrected chi connectivity index (χ0v) is 19.6. The van der Waals surface area contributed by atoms with Gasteiger partial charge in [-0.3, -0.25) is 9.36 Å². The Morgan fingerprint density at radius 2 is 1.77 bits per heavy atom. The van der Waals surface area contributed by atoms with Crippen molar-refractivity contribution in [3.8, 4) is 5.88 Å². The third-order valence-electron chi connectivity index (χ3n) is 6.38. The summed E-state index contributed by atoms with van der Waals surface area (Å²) in [5.74, 6) is -1.05. The molecule has 3 N–H and O–H groups in total. The standard InChI is InChI=1S/C26H25N5O4/c1-14-10-18(15(2)27-20-8-9-21(32)28-23(20)25(34)35)22-19(11-14)24(33)30(3)26(29-22)31-12-16-6-4-5-7-17(16)13-31/h4-11,15,27H,12-13H2,1-3H3,(H,28,32)(H,34,35)/t15-/m1/s1. The summed E-state index contributed by atoms with van der Waals surface area (Å²) >= 11 is 0. The fourth-order valence-corrected chi connectivity index (χ4v) is 4.67. The van der Waals surface area contributed by atoms with Crippen LogP contribution < -0.4 is 15.8 Å². The van der Waals surface area contributed by atoms with E-state index in [1.54, 1.807) is 11.6 Å². The Labute approximate surface area is 201 Å². The van der Waals surface area contributed by atoms with Crippen LogP contribution in [0.1, 0.15) is 45.7 Å². The van der Waals surface area contributed by atoms with Crippen LogP contribution in [-0.2, 0) is 20.1 Å². The Morgan fingerprint density at radius 1 is 1.09 bits per heavy atom. The Balaban J connectivity index is 1.60. The van der Waals surface area contributed by atoms with E-state index in [0.29, 0.717) is 29.9 Å². The number of carboxylic acid groups (broad SMARTS) is 1. The number of pyridine rings is 1. The lowest BCUT2D eigenvalue weighted by Crippen LogP contribution is -2.28. The molecular weight excluding hydrogens is 446 g/mol. The maximum atomic E-state index is 13.4. The number of aryl methyl sites for hydroxylation is 1. The molecule has 0 amide bonds. The average molecular weight is 472 g/mol. The van der Waals surface area contributed by atoms with Crippen molar-refractivity contribution in [2.24, 2.45) is 7.05 Å². The number of aromatic hydroxyl groups is 1. The van der Waals surface area contributed by atoms with E-state index in [0.717, 1.165) is 11.1 Å². The van der Waals surface area contributed by atoms with Crippen molar-refractivity contribution in [3.05, 3.63) is 86.8 Å². The number of rotatable bonds is 5. The van der Waals surface area contributed by atoms with Crippen molar-refractivity contribution < 1.29 is 15.0 Å². The number of carboxylic acids is 1. The van der Waals surface area contributed by atoms with Crippen LogP contribution in [0.3, 0.4) is 0 Å². The van der Waals surface area contributed by atoms with Crippen LogP contribution >= 0.6 is 0 Å². The minimum atomic E-state index is -1.26. The second kappa shape index (κ2) is 8.43. The summed E-state index contributed by atoms with van der Waals surface area (Å²) in [6, 6.07) is 14.4. The molecule has 0 aliphatic carbocycles. The highest BCUT2D eigenvalue weighted by Crippen LogP contribution is 2.31. The van der Waals surface area contributed by atoms with Gasteiger partial charge in [0.15, 0.2) is 5.69 Å². The van der Waals surface area contributed by atoms with Crippen LogP contribution in [0, 0.1) is 6.92 Å². The summed E-state index contributed by atoms with van der Waals surface area (Å²) in [7, 11) is 1.73. The summed E-state index contributed by atoms with van der Waals surface area (Å²) in [5.41, 5.74) is 4.47. The molecule has 9 nitrogen and oxygen atoms in total. The first-order valence-corrected chi connectivity index (χ1v) is 11.3. The van der Waals surface area contributed by atoms with Crippen LogP contribution in [0.2, 0.25) is 0 Å². The summed E-state index contributed by atoms with van der Waals surface area (Å²) in [5, 5.41) is 22.8. The van der Waals surface area contributed by atoms with Gasteiger partial charge in [-0.1, -0.05) is 30.3 Å². The molecule has 1 aliphatic heterocycles. The minimum Gasteiger partial charge on any atom is -0.493 e. The van der Waals surface area contributed by atoms with Crippen LogP contribution in [0.5, 0.6) is 5.88 Å². The quantitative estimate of drug-likeness (QED) is 0.403. The zero-order chi connectivity index (χ0) is 24.9. The molecule has 0 radical (unpaired) electrons. The van der Waals surface area contributed by atoms with Crippen molar-refractivity contribution in [2.75, 3.05) is 10.2 Å². The molecule has 0 bridgehead atoms. The molecule has 2 aromatic heterocycles. The molecule has 0 fully saturated rings. The molecule has 4 aromatic rings. The summed E-state index contributed by atoms with van der Waals surface area (Å²) < 4.78 is 1.59. The maximum absolute atomic E-state index is 13.4. The number of aromatic nitrogens is 3. The van der Waals surface area contributed by atoms with Gasteiger partial charge in [-0.05, 0) is 42.7 Å². The second-order valence-electron chi connectivity index (χ2n) is 8.89. The third-order valence-corrected chi connectivity index (χ3v) is 6.38. The van der Waals surface area contributed by atoms with Gasteiger partial charge in [0.2, 0.25) is 11.8 Å². The lowest BCUT2D eigenvalue weighted by molar-refractivity contribution is 0.0690. The van der Waals surface area contributed by atoms with E-state index in [9.17, 15) is 19.8 Å². The van der Waals surface area contributed by atoms with Crippen LogP contribution in [-0.4, -0.2) is 30.7 Å². The van der Waals surface area contributed by atoms with Gasteiger partial charge in [0.1, 0.15) is 0 Å². The molecule has 5 rings (SSSR count). The fourth-order valence-electron chi connectivity index (χ4n) is 4.67. The van der Waals surface area contributed by atoms with E-state index in [-0.39, 0.29) is 22.8 Å². The van der Waals surface area contributed by atoms with Gasteiger partial charge in [-0.25, -0.2) is 14.8 Å². The summed E-state index contributed by atoms with van der Waals surface area (Å²) in [4.78, 5) is 35.8. The smallest absolute Gasteiger partial charge is 0.356 e. The predicted octanol–water partition coefficient (Wildman–Crippen LogP) is 3.73. The first-order chi connectivity index (χ1) is 16.7. The number of aromatic carboxylic acids is 1. The molecule has 1 aliphatic rings. The molecule has 0 saturated carbocycles. The molecule has 9 heteroatoms. The van der Waals surface area contributed by atoms with Gasteiger partial charge in [-0.15, -0.1) is 0 Å². The third kappa shape index (κ3) is 3.95. The number of nitrogens with one attached hydrogen (secondary N) is 1. The largest absolute Gasteiger partial charge is 0.493 e. The average Bonchev–Trinajstić information content (AvgIpc) is 3.26. The van der Waals surface area contributed by atoms with Gasteiger partial charge in [-0.2, -0.15) is 0 Å². The molecule has 3 heterocycles. The highest BCUT2D eigenvalue weighted by atomic mass is 16.4. The van der Waals surface area contributed by atoms with Gasteiger partial charge >= 0.3 is 5.97 Å². The van der Waals surface area contributed by atoms with Crippen molar-refractivity contribution >= 4 is 28.5 Å². The number of anilines is 2. The summed E-state index contributed by atoms with van der Waals surface area (Å²) in [6.07, 6.45) is 0. The highest BCUT2D eigenvalue weighted by molar-refractivity contribution is 5.92. The van der Waals surface area contributed by atoms with Gasteiger partial charge in [0, 0.05) is 31.8 Å². The highest BCUT2D eigenvalue weighted by Gasteiger charge is 2.25. The minimum absolute atomic E-state index is 0.143. The van der Waals surface area contributed by atoms with Crippen LogP contribution in [0.25, 0.3) is 10.9 Å². The maximum Gasteiger partial charge on any atom is 0.356 e. The first kappa shape index (κ1) is 22.4. The molecule has 0 unspecified atom stereocenters. The number of fused-ring (bicyclic) bond motifs is 2. The van der Waals surface area contributed by atoms with E-state index < -0.39 is 12.0 Å². The van der Waals surface area contributed by atoms with Crippen LogP contribution in [0.4, 0.5) is 11.6 Å². The van der Waals surface area contributed by atoms with Crippen LogP contribution in [0.15, 0.2) is 53.3 Å². The fraction of sp³-hybridized carbons (Fsp3) is 0.231. The Bertz CT molecular complexity index is 1520. The lowest BCUT2D eigenvalue weighted by atomic mass is 10.0. The number of nitrogens with zero attached hydrogens (tertiary/aromatic N) is 4. The number of benzene rings is 2. The van der Waals surface area contributed by atoms with Crippen molar-refractivity contribution in [1.82, 2.24) is 14.5 Å². The van der Waals surface area contributed by atoms with Gasteiger partial charge < -0.3 is 20.4 Å². The van der Waals surface area contributed by atoms with Gasteiger partial charge in [0.05, 0.1) is 22.6 Å². The molecule has 0 spiro atoms. The monoisotopic (exact) mass is 471 g/mol. The van der Waals surface area contributed by atoms with E-state index in [4.69, 9.17) is 4.98 Å². The molecule has 1 atom stereocenters. The number of hydrogen-bond donors (Lipinski definition) is 3. The lowest BCUT2D eigenvalue weighted by Gasteiger charge is -2.23. The summed E-state index contributed by atoms with van der Waals surface area (Å²) in [6.45, 7) is 5.11. The first-order valence-electron chi connectivity index (χ1n) is 11.3. The number of carbonyl (C=O) groups is 1. The predicted molar refractivity (Wildman–Crippen MR) is 133 cm³/mol. The molecule has 35 heavy (non-hydrogen) atoms. The second-order valence-corrected chi connectivity index (χ2v) is 8.89. The normalized spacial score (nSPS) is 13.6. The SMILES string of the molecule is Cc1cc([C@@H](C)Nc2ccc(O)nc2C(=O)O)c2nc(N3Cc4ccccc4C3)n(C)c(=O)c2c1. The number of hydrogen-bond acceptors (Lipinski definition) is 7. The van der Waals surface area contributed by atoms with Gasteiger partial charge in [0.25, 0.3) is 5.56 Å². The van der Waals surface area contributed by atoms with E-state index in [2.05, 4.69) is 27.3 Å². The van der Waals surface area contributed by atoms with Crippen molar-refractivity contribution in [2.45, 2.75) is 33.0 Å². The van der Waals surface area contributed by atoms with Crippen molar-refractivity contribution in [1.29, 1.82) is 0 Å². The Hall–Kier alpha value is -4.40. The topological polar surface area (TPSA) is 121 Å². The van der Waals surface area contributed by atoms with E-state index >= 15 is 0 Å². The molecule has 178 valence electrons. The van der Waals surface area contributed by atoms with Crippen molar-refractivity contribution in [3.63, 3.8) is 0 Å². The van der Waals surface area contributed by atoms with E-state index in [1.807, 2.05) is 38.1 Å². The Kier molecular flexibility index (Phi) is 5.39. The zero-order valence-electron chi connectivity index (χ0n) is 19.6. The molecular formula is C26H25N5O4. The molecule has 2 aromatic carbocycles.